The molecule has 0 saturated carbocycles. The third kappa shape index (κ3) is 3.30. The van der Waals surface area contributed by atoms with E-state index in [-0.39, 0.29) is 18.4 Å². The summed E-state index contributed by atoms with van der Waals surface area (Å²) in [5, 5.41) is 2.64. The minimum Gasteiger partial charge on any atom is -0.341 e. The fourth-order valence-corrected chi connectivity index (χ4v) is 2.26. The summed E-state index contributed by atoms with van der Waals surface area (Å²) in [7, 11) is -0.848. The van der Waals surface area contributed by atoms with Gasteiger partial charge >= 0.3 is 0 Å². The van der Waals surface area contributed by atoms with Crippen molar-refractivity contribution in [3.63, 3.8) is 0 Å². The highest BCUT2D eigenvalue weighted by Crippen LogP contribution is 2.13. The van der Waals surface area contributed by atoms with E-state index in [0.717, 1.165) is 0 Å². The average molecular weight is 246 g/mol. The molecule has 92 valence electrons. The molecule has 0 radical (unpaired) electrons. The molecule has 0 bridgehead atoms. The topological polar surface area (TPSA) is 66.5 Å². The van der Waals surface area contributed by atoms with Gasteiger partial charge in [-0.2, -0.15) is 0 Å². The summed E-state index contributed by atoms with van der Waals surface area (Å²) in [6, 6.07) is 0. The molecule has 1 unspecified atom stereocenters. The van der Waals surface area contributed by atoms with Gasteiger partial charge in [0.2, 0.25) is 11.8 Å². The van der Waals surface area contributed by atoms with Crippen molar-refractivity contribution < 1.29 is 13.8 Å². The van der Waals surface area contributed by atoms with Crippen molar-refractivity contribution in [2.45, 2.75) is 25.8 Å². The van der Waals surface area contributed by atoms with Crippen LogP contribution in [-0.4, -0.2) is 51.6 Å². The van der Waals surface area contributed by atoms with Crippen molar-refractivity contribution in [1.82, 2.24) is 10.2 Å². The van der Waals surface area contributed by atoms with Crippen molar-refractivity contribution in [2.75, 3.05) is 25.1 Å². The fourth-order valence-electron chi connectivity index (χ4n) is 1.72. The second-order valence-electron chi connectivity index (χ2n) is 4.53. The molecule has 1 saturated heterocycles. The Balaban J connectivity index is 2.55. The number of hydrogen-bond acceptors (Lipinski definition) is 3. The van der Waals surface area contributed by atoms with E-state index >= 15 is 0 Å². The van der Waals surface area contributed by atoms with E-state index in [9.17, 15) is 13.8 Å². The highest BCUT2D eigenvalue weighted by atomic mass is 32.2. The molecule has 6 heteroatoms. The van der Waals surface area contributed by atoms with E-state index in [1.807, 2.05) is 0 Å². The first kappa shape index (κ1) is 13.2. The molecule has 1 atom stereocenters. The zero-order valence-electron chi connectivity index (χ0n) is 9.91. The largest absolute Gasteiger partial charge is 0.341 e. The minimum atomic E-state index is -0.848. The summed E-state index contributed by atoms with van der Waals surface area (Å²) in [5.74, 6) is 0.349. The predicted molar refractivity (Wildman–Crippen MR) is 62.4 cm³/mol. The molecule has 5 nitrogen and oxygen atoms in total. The standard InChI is InChI=1S/C10H18N2O3S/c1-10(2)9(14)12(7-8(13)11-10)5-4-6-16(3)15/h4-7H2,1-3H3,(H,11,13). The predicted octanol–water partition coefficient (Wildman–Crippen LogP) is -0.508. The number of hydrogen-bond donors (Lipinski definition) is 1. The number of rotatable bonds is 4. The Hall–Kier alpha value is -0.910. The zero-order chi connectivity index (χ0) is 12.3. The fraction of sp³-hybridized carbons (Fsp3) is 0.800. The van der Waals surface area contributed by atoms with Crippen molar-refractivity contribution in [3.8, 4) is 0 Å². The number of nitrogens with one attached hydrogen (secondary N) is 1. The molecule has 1 heterocycles. The van der Waals surface area contributed by atoms with Crippen LogP contribution in [0.4, 0.5) is 0 Å². The van der Waals surface area contributed by atoms with Crippen LogP contribution in [0.15, 0.2) is 0 Å². The molecule has 0 spiro atoms. The van der Waals surface area contributed by atoms with Crippen LogP contribution in [0.1, 0.15) is 20.3 Å². The molecule has 0 aromatic heterocycles. The molecule has 1 rings (SSSR count). The smallest absolute Gasteiger partial charge is 0.248 e. The summed E-state index contributed by atoms with van der Waals surface area (Å²) >= 11 is 0. The van der Waals surface area contributed by atoms with Gasteiger partial charge < -0.3 is 10.2 Å². The van der Waals surface area contributed by atoms with Gasteiger partial charge in [-0.05, 0) is 20.3 Å². The quantitative estimate of drug-likeness (QED) is 0.726. The maximum Gasteiger partial charge on any atom is 0.248 e. The van der Waals surface area contributed by atoms with Crippen LogP contribution in [-0.2, 0) is 20.4 Å². The number of piperazine rings is 1. The summed E-state index contributed by atoms with van der Waals surface area (Å²) in [5.41, 5.74) is -0.819. The van der Waals surface area contributed by atoms with Crippen molar-refractivity contribution >= 4 is 22.6 Å². The van der Waals surface area contributed by atoms with Gasteiger partial charge in [0.1, 0.15) is 5.54 Å². The van der Waals surface area contributed by atoms with Crippen LogP contribution in [0.2, 0.25) is 0 Å². The molecular weight excluding hydrogens is 228 g/mol. The van der Waals surface area contributed by atoms with Gasteiger partial charge in [0.15, 0.2) is 0 Å². The molecular formula is C10H18N2O3S. The van der Waals surface area contributed by atoms with Crippen molar-refractivity contribution in [2.24, 2.45) is 0 Å². The lowest BCUT2D eigenvalue weighted by Crippen LogP contribution is -2.63. The number of carbonyl (C=O) groups excluding carboxylic acids is 2. The minimum absolute atomic E-state index is 0.0750. The first-order valence-electron chi connectivity index (χ1n) is 5.23. The average Bonchev–Trinajstić information content (AvgIpc) is 2.11. The first-order chi connectivity index (χ1) is 7.33. The maximum absolute atomic E-state index is 11.9. The summed E-state index contributed by atoms with van der Waals surface area (Å²) in [6.07, 6.45) is 2.30. The lowest BCUT2D eigenvalue weighted by atomic mass is 10.0. The van der Waals surface area contributed by atoms with Crippen LogP contribution in [0.5, 0.6) is 0 Å². The van der Waals surface area contributed by atoms with E-state index in [0.29, 0.717) is 18.7 Å². The van der Waals surface area contributed by atoms with Gasteiger partial charge in [0.05, 0.1) is 6.54 Å². The van der Waals surface area contributed by atoms with E-state index in [1.165, 1.54) is 4.90 Å². The summed E-state index contributed by atoms with van der Waals surface area (Å²) in [6.45, 7) is 3.99. The SMILES string of the molecule is CS(=O)CCCN1CC(=O)NC(C)(C)C1=O. The van der Waals surface area contributed by atoms with Gasteiger partial charge in [-0.15, -0.1) is 0 Å². The van der Waals surface area contributed by atoms with Gasteiger partial charge in [0, 0.05) is 29.4 Å². The highest BCUT2D eigenvalue weighted by Gasteiger charge is 2.38. The second kappa shape index (κ2) is 4.95. The molecule has 0 aromatic rings. The van der Waals surface area contributed by atoms with Gasteiger partial charge in [-0.25, -0.2) is 0 Å². The maximum atomic E-state index is 11.9. The first-order valence-corrected chi connectivity index (χ1v) is 6.96. The van der Waals surface area contributed by atoms with Gasteiger partial charge in [-0.3, -0.25) is 13.8 Å². The Kier molecular flexibility index (Phi) is 4.07. The van der Waals surface area contributed by atoms with Crippen molar-refractivity contribution in [1.29, 1.82) is 0 Å². The van der Waals surface area contributed by atoms with E-state index in [1.54, 1.807) is 20.1 Å². The molecule has 1 N–H and O–H groups in total. The second-order valence-corrected chi connectivity index (χ2v) is 6.09. The number of amides is 2. The Bertz CT molecular complexity index is 328. The molecule has 2 amide bonds. The highest BCUT2D eigenvalue weighted by molar-refractivity contribution is 7.84. The normalized spacial score (nSPS) is 21.8. The van der Waals surface area contributed by atoms with Gasteiger partial charge in [0.25, 0.3) is 0 Å². The summed E-state index contributed by atoms with van der Waals surface area (Å²) in [4.78, 5) is 24.8. The molecule has 16 heavy (non-hydrogen) atoms. The summed E-state index contributed by atoms with van der Waals surface area (Å²) < 4.78 is 10.9. The van der Waals surface area contributed by atoms with E-state index in [2.05, 4.69) is 5.32 Å². The lowest BCUT2D eigenvalue weighted by Gasteiger charge is -2.37. The number of nitrogens with zero attached hydrogens (tertiary/aromatic N) is 1. The molecule has 1 aliphatic heterocycles. The van der Waals surface area contributed by atoms with E-state index in [4.69, 9.17) is 0 Å². The van der Waals surface area contributed by atoms with Gasteiger partial charge in [-0.1, -0.05) is 0 Å². The Morgan fingerprint density at radius 3 is 2.62 bits per heavy atom. The van der Waals surface area contributed by atoms with E-state index < -0.39 is 16.3 Å². The van der Waals surface area contributed by atoms with Crippen LogP contribution < -0.4 is 5.32 Å². The zero-order valence-corrected chi connectivity index (χ0v) is 10.7. The number of carbonyl (C=O) groups is 2. The third-order valence-electron chi connectivity index (χ3n) is 2.47. The Labute approximate surface area is 98.0 Å². The molecule has 0 aromatic carbocycles. The van der Waals surface area contributed by atoms with Crippen LogP contribution >= 0.6 is 0 Å². The monoisotopic (exact) mass is 246 g/mol. The Morgan fingerprint density at radius 1 is 1.44 bits per heavy atom. The van der Waals surface area contributed by atoms with Crippen LogP contribution in [0.25, 0.3) is 0 Å². The Morgan fingerprint density at radius 2 is 2.06 bits per heavy atom. The third-order valence-corrected chi connectivity index (χ3v) is 3.33. The lowest BCUT2D eigenvalue weighted by molar-refractivity contribution is -0.148. The van der Waals surface area contributed by atoms with Crippen LogP contribution in [0.3, 0.4) is 0 Å². The van der Waals surface area contributed by atoms with Crippen molar-refractivity contribution in [3.05, 3.63) is 0 Å². The van der Waals surface area contributed by atoms with Crippen LogP contribution in [0, 0.1) is 0 Å². The molecule has 1 aliphatic rings. The molecule has 1 fully saturated rings. The molecule has 0 aliphatic carbocycles.